The number of thioether (sulfide) groups is 1. The highest BCUT2D eigenvalue weighted by atomic mass is 32.2. The molecule has 2 rings (SSSR count). The Hall–Kier alpha value is -1.55. The number of benzene rings is 1. The second-order valence-corrected chi connectivity index (χ2v) is 3.82. The second-order valence-electron chi connectivity index (χ2n) is 3.05. The predicted octanol–water partition coefficient (Wildman–Crippen LogP) is 2.45. The smallest absolute Gasteiger partial charge is 0.187 e. The Bertz CT molecular complexity index is 454. The van der Waals surface area contributed by atoms with E-state index in [4.69, 9.17) is 5.73 Å². The molecule has 0 bridgehead atoms. The van der Waals surface area contributed by atoms with Gasteiger partial charge in [0.1, 0.15) is 0 Å². The lowest BCUT2D eigenvalue weighted by molar-refractivity contribution is 0.973. The third-order valence-corrected chi connectivity index (χ3v) is 2.66. The molecular formula is C11H11N3S. The van der Waals surface area contributed by atoms with Crippen molar-refractivity contribution in [3.8, 4) is 11.1 Å². The predicted molar refractivity (Wildman–Crippen MR) is 63.7 cm³/mol. The number of hydrogen-bond donors (Lipinski definition) is 1. The largest absolute Gasteiger partial charge is 0.398 e. The molecule has 15 heavy (non-hydrogen) atoms. The summed E-state index contributed by atoms with van der Waals surface area (Å²) in [5, 5.41) is 0.772. The van der Waals surface area contributed by atoms with Crippen LogP contribution in [0.2, 0.25) is 0 Å². The van der Waals surface area contributed by atoms with Crippen molar-refractivity contribution in [2.45, 2.75) is 5.16 Å². The van der Waals surface area contributed by atoms with Gasteiger partial charge in [-0.15, -0.1) is 0 Å². The molecule has 0 unspecified atom stereocenters. The SMILES string of the molecule is CSc1ncc(-c2ccccc2N)cn1. The second kappa shape index (κ2) is 4.31. The molecule has 0 aliphatic rings. The first-order chi connectivity index (χ1) is 7.31. The molecule has 0 aliphatic carbocycles. The van der Waals surface area contributed by atoms with E-state index in [1.165, 1.54) is 11.8 Å². The maximum Gasteiger partial charge on any atom is 0.187 e. The van der Waals surface area contributed by atoms with Gasteiger partial charge in [0.25, 0.3) is 0 Å². The third kappa shape index (κ3) is 2.10. The maximum absolute atomic E-state index is 5.86. The molecule has 0 spiro atoms. The number of nitrogens with two attached hydrogens (primary N) is 1. The van der Waals surface area contributed by atoms with E-state index >= 15 is 0 Å². The van der Waals surface area contributed by atoms with Crippen molar-refractivity contribution in [2.24, 2.45) is 0 Å². The molecule has 1 heterocycles. The Morgan fingerprint density at radius 2 is 1.80 bits per heavy atom. The highest BCUT2D eigenvalue weighted by Crippen LogP contribution is 2.24. The Kier molecular flexibility index (Phi) is 2.87. The number of para-hydroxylation sites is 1. The molecule has 3 nitrogen and oxygen atoms in total. The zero-order chi connectivity index (χ0) is 10.7. The summed E-state index contributed by atoms with van der Waals surface area (Å²) >= 11 is 1.52. The van der Waals surface area contributed by atoms with Gasteiger partial charge in [-0.1, -0.05) is 30.0 Å². The summed E-state index contributed by atoms with van der Waals surface area (Å²) in [6.45, 7) is 0. The topological polar surface area (TPSA) is 51.8 Å². The molecule has 2 aromatic rings. The quantitative estimate of drug-likeness (QED) is 0.477. The van der Waals surface area contributed by atoms with Crippen molar-refractivity contribution in [3.05, 3.63) is 36.7 Å². The molecule has 0 aliphatic heterocycles. The summed E-state index contributed by atoms with van der Waals surface area (Å²) in [7, 11) is 0. The summed E-state index contributed by atoms with van der Waals surface area (Å²) in [6, 6.07) is 7.70. The van der Waals surface area contributed by atoms with Crippen molar-refractivity contribution in [2.75, 3.05) is 12.0 Å². The molecule has 0 radical (unpaired) electrons. The monoisotopic (exact) mass is 217 g/mol. The fourth-order valence-corrected chi connectivity index (χ4v) is 1.64. The van der Waals surface area contributed by atoms with Crippen LogP contribution in [0.15, 0.2) is 41.8 Å². The minimum atomic E-state index is 0.748. The zero-order valence-electron chi connectivity index (χ0n) is 8.34. The minimum absolute atomic E-state index is 0.748. The van der Waals surface area contributed by atoms with E-state index in [0.717, 1.165) is 22.0 Å². The maximum atomic E-state index is 5.86. The number of anilines is 1. The van der Waals surface area contributed by atoms with Gasteiger partial charge in [0.15, 0.2) is 5.16 Å². The van der Waals surface area contributed by atoms with Gasteiger partial charge < -0.3 is 5.73 Å². The summed E-state index contributed by atoms with van der Waals surface area (Å²) in [5.74, 6) is 0. The van der Waals surface area contributed by atoms with Crippen molar-refractivity contribution in [1.29, 1.82) is 0 Å². The lowest BCUT2D eigenvalue weighted by Crippen LogP contribution is -1.91. The van der Waals surface area contributed by atoms with Crippen LogP contribution in [0, 0.1) is 0 Å². The van der Waals surface area contributed by atoms with Crippen LogP contribution in [0.3, 0.4) is 0 Å². The van der Waals surface area contributed by atoms with Gasteiger partial charge in [-0.3, -0.25) is 0 Å². The van der Waals surface area contributed by atoms with Gasteiger partial charge in [0.05, 0.1) is 0 Å². The molecule has 0 saturated heterocycles. The average molecular weight is 217 g/mol. The first kappa shape index (κ1) is 9.98. The summed E-state index contributed by atoms with van der Waals surface area (Å²) in [4.78, 5) is 8.42. The fourth-order valence-electron chi connectivity index (χ4n) is 1.32. The molecule has 0 amide bonds. The van der Waals surface area contributed by atoms with Crippen molar-refractivity contribution in [1.82, 2.24) is 9.97 Å². The van der Waals surface area contributed by atoms with Crippen LogP contribution in [0.1, 0.15) is 0 Å². The Morgan fingerprint density at radius 1 is 1.13 bits per heavy atom. The van der Waals surface area contributed by atoms with Gasteiger partial charge in [-0.05, 0) is 12.3 Å². The van der Waals surface area contributed by atoms with Crippen LogP contribution in [0.25, 0.3) is 11.1 Å². The average Bonchev–Trinajstić information content (AvgIpc) is 2.30. The third-order valence-electron chi connectivity index (χ3n) is 2.08. The number of aromatic nitrogens is 2. The van der Waals surface area contributed by atoms with E-state index in [1.807, 2.05) is 30.5 Å². The lowest BCUT2D eigenvalue weighted by atomic mass is 10.1. The Balaban J connectivity index is 2.42. The molecular weight excluding hydrogens is 206 g/mol. The Morgan fingerprint density at radius 3 is 2.40 bits per heavy atom. The molecule has 1 aromatic heterocycles. The highest BCUT2D eigenvalue weighted by molar-refractivity contribution is 7.98. The van der Waals surface area contributed by atoms with Crippen LogP contribution in [-0.4, -0.2) is 16.2 Å². The van der Waals surface area contributed by atoms with Crippen molar-refractivity contribution < 1.29 is 0 Å². The number of hydrogen-bond acceptors (Lipinski definition) is 4. The molecule has 1 aromatic carbocycles. The van der Waals surface area contributed by atoms with E-state index in [9.17, 15) is 0 Å². The Labute approximate surface area is 92.8 Å². The summed E-state index contributed by atoms with van der Waals surface area (Å²) < 4.78 is 0. The van der Waals surface area contributed by atoms with Crippen molar-refractivity contribution >= 4 is 17.4 Å². The first-order valence-corrected chi connectivity index (χ1v) is 5.74. The molecule has 76 valence electrons. The van der Waals surface area contributed by atoms with Crippen LogP contribution in [0.5, 0.6) is 0 Å². The first-order valence-electron chi connectivity index (χ1n) is 4.52. The summed E-state index contributed by atoms with van der Waals surface area (Å²) in [6.07, 6.45) is 5.54. The van der Waals surface area contributed by atoms with E-state index in [2.05, 4.69) is 9.97 Å². The van der Waals surface area contributed by atoms with Gasteiger partial charge in [-0.2, -0.15) is 0 Å². The van der Waals surface area contributed by atoms with Crippen LogP contribution >= 0.6 is 11.8 Å². The van der Waals surface area contributed by atoms with E-state index in [0.29, 0.717) is 0 Å². The van der Waals surface area contributed by atoms with Gasteiger partial charge in [0, 0.05) is 29.2 Å². The van der Waals surface area contributed by atoms with Crippen molar-refractivity contribution in [3.63, 3.8) is 0 Å². The number of nitrogens with zero attached hydrogens (tertiary/aromatic N) is 2. The molecule has 4 heteroatoms. The molecule has 0 atom stereocenters. The summed E-state index contributed by atoms with van der Waals surface area (Å²) in [5.41, 5.74) is 8.54. The molecule has 0 fully saturated rings. The van der Waals surface area contributed by atoms with Crippen LogP contribution < -0.4 is 5.73 Å². The standard InChI is InChI=1S/C11H11N3S/c1-15-11-13-6-8(7-14-11)9-4-2-3-5-10(9)12/h2-7H,12H2,1H3. The molecule has 2 N–H and O–H groups in total. The minimum Gasteiger partial charge on any atom is -0.398 e. The zero-order valence-corrected chi connectivity index (χ0v) is 9.16. The van der Waals surface area contributed by atoms with E-state index in [-0.39, 0.29) is 0 Å². The van der Waals surface area contributed by atoms with Crippen LogP contribution in [0.4, 0.5) is 5.69 Å². The van der Waals surface area contributed by atoms with Gasteiger partial charge in [-0.25, -0.2) is 9.97 Å². The van der Waals surface area contributed by atoms with E-state index < -0.39 is 0 Å². The number of nitrogen functional groups attached to an aromatic ring is 1. The van der Waals surface area contributed by atoms with Gasteiger partial charge in [0.2, 0.25) is 0 Å². The fraction of sp³-hybridized carbons (Fsp3) is 0.0909. The molecule has 0 saturated carbocycles. The number of rotatable bonds is 2. The highest BCUT2D eigenvalue weighted by Gasteiger charge is 2.02. The normalized spacial score (nSPS) is 10.2. The van der Waals surface area contributed by atoms with Gasteiger partial charge >= 0.3 is 0 Å². The lowest BCUT2D eigenvalue weighted by Gasteiger charge is -2.04. The van der Waals surface area contributed by atoms with Crippen LogP contribution in [-0.2, 0) is 0 Å². The van der Waals surface area contributed by atoms with E-state index in [1.54, 1.807) is 12.4 Å².